The van der Waals surface area contributed by atoms with Crippen LogP contribution < -0.4 is 5.32 Å². The Morgan fingerprint density at radius 3 is 2.73 bits per heavy atom. The highest BCUT2D eigenvalue weighted by Crippen LogP contribution is 2.05. The van der Waals surface area contributed by atoms with Gasteiger partial charge in [-0.2, -0.15) is 0 Å². The molecule has 1 aromatic heterocycles. The number of pyridine rings is 1. The van der Waals surface area contributed by atoms with Crippen molar-refractivity contribution in [2.45, 2.75) is 32.7 Å². The number of hydrogen-bond acceptors (Lipinski definition) is 2. The van der Waals surface area contributed by atoms with E-state index in [1.165, 1.54) is 0 Å². The van der Waals surface area contributed by atoms with E-state index in [4.69, 9.17) is 11.6 Å². The summed E-state index contributed by atoms with van der Waals surface area (Å²) < 4.78 is 0. The van der Waals surface area contributed by atoms with E-state index in [1.807, 2.05) is 26.0 Å². The van der Waals surface area contributed by atoms with Crippen molar-refractivity contribution in [1.82, 2.24) is 10.3 Å². The molecule has 1 unspecified atom stereocenters. The smallest absolute Gasteiger partial charge is 0.238 e. The van der Waals surface area contributed by atoms with Gasteiger partial charge in [-0.3, -0.25) is 9.78 Å². The summed E-state index contributed by atoms with van der Waals surface area (Å²) in [6.07, 6.45) is 0. The summed E-state index contributed by atoms with van der Waals surface area (Å²) in [7, 11) is 0. The predicted octanol–water partition coefficient (Wildman–Crippen LogP) is 1.94. The third-order valence-electron chi connectivity index (χ3n) is 2.21. The number of amides is 1. The molecule has 0 radical (unpaired) electrons. The first-order valence-electron chi connectivity index (χ1n) is 4.85. The predicted molar refractivity (Wildman–Crippen MR) is 60.9 cm³/mol. The Morgan fingerprint density at radius 2 is 2.20 bits per heavy atom. The van der Waals surface area contributed by atoms with E-state index >= 15 is 0 Å². The molecule has 4 heteroatoms. The average Bonchev–Trinajstić information content (AvgIpc) is 2.19. The van der Waals surface area contributed by atoms with E-state index < -0.39 is 5.38 Å². The standard InChI is InChI=1S/C11H15ClN2O/c1-7-4-5-10(14-9(7)3)6-13-11(15)8(2)12/h4-5,8H,6H2,1-3H3,(H,13,15). The van der Waals surface area contributed by atoms with Gasteiger partial charge in [-0.1, -0.05) is 6.07 Å². The molecule has 0 fully saturated rings. The number of aromatic nitrogens is 1. The molecule has 1 rings (SSSR count). The van der Waals surface area contributed by atoms with Crippen molar-refractivity contribution in [3.8, 4) is 0 Å². The number of aryl methyl sites for hydroxylation is 2. The summed E-state index contributed by atoms with van der Waals surface area (Å²) in [5, 5.41) is 2.21. The molecular weight excluding hydrogens is 212 g/mol. The van der Waals surface area contributed by atoms with Crippen LogP contribution in [0, 0.1) is 13.8 Å². The fourth-order valence-electron chi connectivity index (χ4n) is 1.10. The largest absolute Gasteiger partial charge is 0.349 e. The van der Waals surface area contributed by atoms with Crippen LogP contribution in [0.4, 0.5) is 0 Å². The molecule has 1 aromatic rings. The molecule has 0 spiro atoms. The summed E-state index contributed by atoms with van der Waals surface area (Å²) in [5.74, 6) is -0.170. The molecule has 1 amide bonds. The van der Waals surface area contributed by atoms with Crippen molar-refractivity contribution in [3.63, 3.8) is 0 Å². The summed E-state index contributed by atoms with van der Waals surface area (Å²) >= 11 is 5.62. The first-order chi connectivity index (χ1) is 7.00. The zero-order chi connectivity index (χ0) is 11.4. The second kappa shape index (κ2) is 5.12. The van der Waals surface area contributed by atoms with Crippen LogP contribution in [0.25, 0.3) is 0 Å². The van der Waals surface area contributed by atoms with Gasteiger partial charge in [0, 0.05) is 5.69 Å². The molecule has 1 N–H and O–H groups in total. The molecule has 0 bridgehead atoms. The van der Waals surface area contributed by atoms with E-state index in [9.17, 15) is 4.79 Å². The van der Waals surface area contributed by atoms with Crippen LogP contribution in [0.5, 0.6) is 0 Å². The first kappa shape index (κ1) is 12.0. The fourth-order valence-corrected chi connectivity index (χ4v) is 1.18. The van der Waals surface area contributed by atoms with Gasteiger partial charge in [0.25, 0.3) is 0 Å². The van der Waals surface area contributed by atoms with Crippen molar-refractivity contribution in [1.29, 1.82) is 0 Å². The van der Waals surface area contributed by atoms with Gasteiger partial charge in [0.1, 0.15) is 5.38 Å². The number of alkyl halides is 1. The first-order valence-corrected chi connectivity index (χ1v) is 5.29. The van der Waals surface area contributed by atoms with E-state index in [0.717, 1.165) is 17.0 Å². The number of nitrogens with one attached hydrogen (secondary N) is 1. The lowest BCUT2D eigenvalue weighted by Gasteiger charge is -2.07. The number of carbonyl (C=O) groups excluding carboxylic acids is 1. The fraction of sp³-hybridized carbons (Fsp3) is 0.455. The van der Waals surface area contributed by atoms with Gasteiger partial charge in [-0.05, 0) is 32.4 Å². The van der Waals surface area contributed by atoms with Crippen molar-refractivity contribution in [2.75, 3.05) is 0 Å². The van der Waals surface area contributed by atoms with E-state index in [-0.39, 0.29) is 5.91 Å². The van der Waals surface area contributed by atoms with Gasteiger partial charge in [0.2, 0.25) is 5.91 Å². The van der Waals surface area contributed by atoms with Crippen molar-refractivity contribution >= 4 is 17.5 Å². The van der Waals surface area contributed by atoms with Crippen molar-refractivity contribution in [2.24, 2.45) is 0 Å². The molecule has 82 valence electrons. The van der Waals surface area contributed by atoms with E-state index in [1.54, 1.807) is 6.92 Å². The van der Waals surface area contributed by atoms with Crippen LogP contribution in [0.2, 0.25) is 0 Å². The maximum atomic E-state index is 11.2. The molecule has 1 atom stereocenters. The van der Waals surface area contributed by atoms with Crippen LogP contribution in [0.15, 0.2) is 12.1 Å². The third-order valence-corrected chi connectivity index (χ3v) is 2.41. The van der Waals surface area contributed by atoms with Gasteiger partial charge < -0.3 is 5.32 Å². The molecule has 0 saturated heterocycles. The van der Waals surface area contributed by atoms with Crippen LogP contribution in [-0.2, 0) is 11.3 Å². The Labute approximate surface area is 94.9 Å². The number of nitrogens with zero attached hydrogens (tertiary/aromatic N) is 1. The zero-order valence-electron chi connectivity index (χ0n) is 9.17. The Hall–Kier alpha value is -1.09. The number of carbonyl (C=O) groups is 1. The maximum absolute atomic E-state index is 11.2. The van der Waals surface area contributed by atoms with Crippen molar-refractivity contribution in [3.05, 3.63) is 29.1 Å². The Bertz CT molecular complexity index is 364. The summed E-state index contributed by atoms with van der Waals surface area (Å²) in [5.41, 5.74) is 2.99. The van der Waals surface area contributed by atoms with Crippen LogP contribution in [-0.4, -0.2) is 16.3 Å². The van der Waals surface area contributed by atoms with Crippen LogP contribution in [0.1, 0.15) is 23.9 Å². The second-order valence-corrected chi connectivity index (χ2v) is 4.19. The van der Waals surface area contributed by atoms with E-state index in [0.29, 0.717) is 6.54 Å². The lowest BCUT2D eigenvalue weighted by Crippen LogP contribution is -2.29. The second-order valence-electron chi connectivity index (χ2n) is 3.54. The molecule has 0 aromatic carbocycles. The molecule has 0 saturated carbocycles. The highest BCUT2D eigenvalue weighted by molar-refractivity contribution is 6.30. The lowest BCUT2D eigenvalue weighted by atomic mass is 10.2. The Kier molecular flexibility index (Phi) is 4.09. The van der Waals surface area contributed by atoms with E-state index in [2.05, 4.69) is 10.3 Å². The minimum Gasteiger partial charge on any atom is -0.349 e. The van der Waals surface area contributed by atoms with Gasteiger partial charge in [-0.15, -0.1) is 11.6 Å². The third kappa shape index (κ3) is 3.51. The van der Waals surface area contributed by atoms with Gasteiger partial charge >= 0.3 is 0 Å². The molecule has 15 heavy (non-hydrogen) atoms. The molecule has 3 nitrogen and oxygen atoms in total. The zero-order valence-corrected chi connectivity index (χ0v) is 9.93. The molecule has 0 aliphatic heterocycles. The monoisotopic (exact) mass is 226 g/mol. The SMILES string of the molecule is Cc1ccc(CNC(=O)C(C)Cl)nc1C. The summed E-state index contributed by atoms with van der Waals surface area (Å²) in [4.78, 5) is 15.5. The highest BCUT2D eigenvalue weighted by atomic mass is 35.5. The van der Waals surface area contributed by atoms with Gasteiger partial charge in [0.05, 0.1) is 12.2 Å². The minimum absolute atomic E-state index is 0.170. The number of rotatable bonds is 3. The van der Waals surface area contributed by atoms with Crippen LogP contribution >= 0.6 is 11.6 Å². The van der Waals surface area contributed by atoms with Gasteiger partial charge in [0.15, 0.2) is 0 Å². The topological polar surface area (TPSA) is 42.0 Å². The summed E-state index contributed by atoms with van der Waals surface area (Å²) in [6, 6.07) is 3.90. The number of halogens is 1. The Morgan fingerprint density at radius 1 is 1.53 bits per heavy atom. The maximum Gasteiger partial charge on any atom is 0.238 e. The average molecular weight is 227 g/mol. The molecule has 0 aliphatic rings. The van der Waals surface area contributed by atoms with Crippen LogP contribution in [0.3, 0.4) is 0 Å². The Balaban J connectivity index is 2.58. The molecular formula is C11H15ClN2O. The normalized spacial score (nSPS) is 12.3. The lowest BCUT2D eigenvalue weighted by molar-refractivity contribution is -0.120. The van der Waals surface area contributed by atoms with Gasteiger partial charge in [-0.25, -0.2) is 0 Å². The molecule has 1 heterocycles. The number of hydrogen-bond donors (Lipinski definition) is 1. The summed E-state index contributed by atoms with van der Waals surface area (Å²) in [6.45, 7) is 6.03. The minimum atomic E-state index is -0.503. The molecule has 0 aliphatic carbocycles. The quantitative estimate of drug-likeness (QED) is 0.801. The van der Waals surface area contributed by atoms with Crippen molar-refractivity contribution < 1.29 is 4.79 Å². The highest BCUT2D eigenvalue weighted by Gasteiger charge is 2.08.